The van der Waals surface area contributed by atoms with Crippen LogP contribution in [0, 0.1) is 11.8 Å². The quantitative estimate of drug-likeness (QED) is 0.803. The average Bonchev–Trinajstić information content (AvgIpc) is 3.37. The largest absolute Gasteiger partial charge is 0.496 e. The summed E-state index contributed by atoms with van der Waals surface area (Å²) >= 11 is 0. The smallest absolute Gasteiger partial charge is 0.240 e. The van der Waals surface area contributed by atoms with Crippen LogP contribution in [0.2, 0.25) is 0 Å². The second-order valence-electron chi connectivity index (χ2n) is 5.95. The number of hydrogen-bond donors (Lipinski definition) is 2. The standard InChI is InChI=1S/C15H21NO4S/c1-20-14-7-6-13(8-12(14)9-17)21(18,19)16-15(10-2-3-10)11-4-5-11/h6-8,10-11,15-17H,2-5,9H2,1H3. The zero-order chi connectivity index (χ0) is 15.0. The number of rotatable bonds is 7. The molecule has 0 spiro atoms. The second-order valence-corrected chi connectivity index (χ2v) is 7.67. The topological polar surface area (TPSA) is 75.6 Å². The molecule has 0 radical (unpaired) electrons. The molecule has 2 saturated carbocycles. The van der Waals surface area contributed by atoms with Crippen molar-refractivity contribution in [1.29, 1.82) is 0 Å². The number of ether oxygens (including phenoxy) is 1. The SMILES string of the molecule is COc1ccc(S(=O)(=O)NC(C2CC2)C2CC2)cc1CO. The monoisotopic (exact) mass is 311 g/mol. The lowest BCUT2D eigenvalue weighted by molar-refractivity contribution is 0.273. The van der Waals surface area contributed by atoms with Crippen molar-refractivity contribution in [1.82, 2.24) is 4.72 Å². The van der Waals surface area contributed by atoms with Gasteiger partial charge in [-0.05, 0) is 55.7 Å². The summed E-state index contributed by atoms with van der Waals surface area (Å²) < 4.78 is 33.1. The molecular formula is C15H21NO4S. The van der Waals surface area contributed by atoms with Crippen LogP contribution in [0.15, 0.2) is 23.1 Å². The summed E-state index contributed by atoms with van der Waals surface area (Å²) in [4.78, 5) is 0.193. The van der Waals surface area contributed by atoms with Crippen LogP contribution in [0.3, 0.4) is 0 Å². The molecule has 116 valence electrons. The van der Waals surface area contributed by atoms with Gasteiger partial charge < -0.3 is 9.84 Å². The number of nitrogens with one attached hydrogen (secondary N) is 1. The van der Waals surface area contributed by atoms with Crippen LogP contribution >= 0.6 is 0 Å². The van der Waals surface area contributed by atoms with E-state index in [2.05, 4.69) is 4.72 Å². The molecule has 0 aliphatic heterocycles. The van der Waals surface area contributed by atoms with Crippen LogP contribution in [0.5, 0.6) is 5.75 Å². The Morgan fingerprint density at radius 2 is 1.90 bits per heavy atom. The molecule has 1 aromatic rings. The van der Waals surface area contributed by atoms with Gasteiger partial charge >= 0.3 is 0 Å². The van der Waals surface area contributed by atoms with E-state index in [1.54, 1.807) is 6.07 Å². The van der Waals surface area contributed by atoms with Crippen molar-refractivity contribution in [2.24, 2.45) is 11.8 Å². The van der Waals surface area contributed by atoms with Gasteiger partial charge in [-0.25, -0.2) is 13.1 Å². The van der Waals surface area contributed by atoms with Crippen molar-refractivity contribution >= 4 is 10.0 Å². The highest BCUT2D eigenvalue weighted by molar-refractivity contribution is 7.89. The van der Waals surface area contributed by atoms with Crippen LogP contribution in [0.4, 0.5) is 0 Å². The lowest BCUT2D eigenvalue weighted by atomic mass is 10.1. The van der Waals surface area contributed by atoms with Crippen LogP contribution in [0.25, 0.3) is 0 Å². The van der Waals surface area contributed by atoms with E-state index in [-0.39, 0.29) is 17.5 Å². The van der Waals surface area contributed by atoms with E-state index in [1.807, 2.05) is 0 Å². The number of benzene rings is 1. The molecule has 0 aromatic heterocycles. The Labute approximate surface area is 125 Å². The molecule has 2 aliphatic rings. The normalized spacial score (nSPS) is 19.0. The number of aliphatic hydroxyl groups excluding tert-OH is 1. The first-order valence-corrected chi connectivity index (χ1v) is 8.83. The molecule has 21 heavy (non-hydrogen) atoms. The molecule has 6 heteroatoms. The van der Waals surface area contributed by atoms with E-state index >= 15 is 0 Å². The Morgan fingerprint density at radius 1 is 1.29 bits per heavy atom. The zero-order valence-corrected chi connectivity index (χ0v) is 12.9. The average molecular weight is 311 g/mol. The maximum atomic E-state index is 12.5. The maximum Gasteiger partial charge on any atom is 0.240 e. The Hall–Kier alpha value is -1.11. The molecule has 0 atom stereocenters. The number of sulfonamides is 1. The van der Waals surface area contributed by atoms with E-state index in [4.69, 9.17) is 4.74 Å². The van der Waals surface area contributed by atoms with Crippen LogP contribution in [-0.4, -0.2) is 26.7 Å². The molecular weight excluding hydrogens is 290 g/mol. The van der Waals surface area contributed by atoms with Crippen molar-refractivity contribution < 1.29 is 18.3 Å². The summed E-state index contributed by atoms with van der Waals surface area (Å²) in [7, 11) is -2.05. The Balaban J connectivity index is 1.83. The van der Waals surface area contributed by atoms with Crippen LogP contribution < -0.4 is 9.46 Å². The molecule has 2 fully saturated rings. The van der Waals surface area contributed by atoms with Crippen molar-refractivity contribution in [3.63, 3.8) is 0 Å². The Kier molecular flexibility index (Phi) is 3.94. The van der Waals surface area contributed by atoms with Crippen molar-refractivity contribution in [2.45, 2.75) is 43.2 Å². The van der Waals surface area contributed by atoms with Crippen LogP contribution in [0.1, 0.15) is 31.2 Å². The Morgan fingerprint density at radius 3 is 2.38 bits per heavy atom. The van der Waals surface area contributed by atoms with Crippen molar-refractivity contribution in [3.05, 3.63) is 23.8 Å². The minimum Gasteiger partial charge on any atom is -0.496 e. The van der Waals surface area contributed by atoms with Gasteiger partial charge in [-0.1, -0.05) is 0 Å². The molecule has 0 heterocycles. The first-order chi connectivity index (χ1) is 10.0. The first kappa shape index (κ1) is 14.8. The third kappa shape index (κ3) is 3.22. The van der Waals surface area contributed by atoms with E-state index in [0.717, 1.165) is 25.7 Å². The second kappa shape index (κ2) is 5.59. The van der Waals surface area contributed by atoms with Gasteiger partial charge in [0.2, 0.25) is 10.0 Å². The summed E-state index contributed by atoms with van der Waals surface area (Å²) in [6, 6.07) is 4.67. The molecule has 2 N–H and O–H groups in total. The van der Waals surface area contributed by atoms with Gasteiger partial charge in [-0.3, -0.25) is 0 Å². The van der Waals surface area contributed by atoms with Crippen LogP contribution in [-0.2, 0) is 16.6 Å². The summed E-state index contributed by atoms with van der Waals surface area (Å²) in [5.41, 5.74) is 0.481. The molecule has 2 aliphatic carbocycles. The number of aliphatic hydroxyl groups is 1. The Bertz CT molecular complexity index is 609. The van der Waals surface area contributed by atoms with E-state index in [1.165, 1.54) is 19.2 Å². The fourth-order valence-corrected chi connectivity index (χ4v) is 4.20. The zero-order valence-electron chi connectivity index (χ0n) is 12.1. The number of methoxy groups -OCH3 is 1. The van der Waals surface area contributed by atoms with E-state index in [9.17, 15) is 13.5 Å². The predicted octanol–water partition coefficient (Wildman–Crippen LogP) is 1.65. The molecule has 0 bridgehead atoms. The van der Waals surface area contributed by atoms with Gasteiger partial charge in [0, 0.05) is 11.6 Å². The van der Waals surface area contributed by atoms with Gasteiger partial charge in [0.05, 0.1) is 18.6 Å². The minimum atomic E-state index is -3.54. The van der Waals surface area contributed by atoms with Crippen molar-refractivity contribution in [2.75, 3.05) is 7.11 Å². The molecule has 0 saturated heterocycles. The van der Waals surface area contributed by atoms with Gasteiger partial charge in [-0.15, -0.1) is 0 Å². The summed E-state index contributed by atoms with van der Waals surface area (Å²) in [6.07, 6.45) is 4.48. The molecule has 1 aromatic carbocycles. The van der Waals surface area contributed by atoms with Gasteiger partial charge in [0.15, 0.2) is 0 Å². The van der Waals surface area contributed by atoms with Gasteiger partial charge in [-0.2, -0.15) is 0 Å². The highest BCUT2D eigenvalue weighted by Gasteiger charge is 2.43. The molecule has 0 amide bonds. The third-order valence-corrected chi connectivity index (χ3v) is 5.74. The molecule has 3 rings (SSSR count). The fraction of sp³-hybridized carbons (Fsp3) is 0.600. The fourth-order valence-electron chi connectivity index (χ4n) is 2.78. The highest BCUT2D eigenvalue weighted by Crippen LogP contribution is 2.45. The summed E-state index contributed by atoms with van der Waals surface area (Å²) in [6.45, 7) is -0.249. The minimum absolute atomic E-state index is 0.0784. The van der Waals surface area contributed by atoms with Crippen molar-refractivity contribution in [3.8, 4) is 5.75 Å². The summed E-state index contributed by atoms with van der Waals surface area (Å²) in [5, 5.41) is 9.32. The maximum absolute atomic E-state index is 12.5. The molecule has 0 unspecified atom stereocenters. The van der Waals surface area contributed by atoms with Gasteiger partial charge in [0.1, 0.15) is 5.75 Å². The first-order valence-electron chi connectivity index (χ1n) is 7.35. The lowest BCUT2D eigenvalue weighted by Gasteiger charge is -2.18. The summed E-state index contributed by atoms with van der Waals surface area (Å²) in [5.74, 6) is 1.50. The predicted molar refractivity (Wildman–Crippen MR) is 78.5 cm³/mol. The lowest BCUT2D eigenvalue weighted by Crippen LogP contribution is -2.38. The van der Waals surface area contributed by atoms with Gasteiger partial charge in [0.25, 0.3) is 0 Å². The van der Waals surface area contributed by atoms with E-state index < -0.39 is 10.0 Å². The third-order valence-electron chi connectivity index (χ3n) is 4.28. The molecule has 5 nitrogen and oxygen atoms in total. The van der Waals surface area contributed by atoms with E-state index in [0.29, 0.717) is 23.1 Å². The number of hydrogen-bond acceptors (Lipinski definition) is 4. The highest BCUT2D eigenvalue weighted by atomic mass is 32.2.